The predicted molar refractivity (Wildman–Crippen MR) is 136 cm³/mol. The lowest BCUT2D eigenvalue weighted by atomic mass is 10.1. The van der Waals surface area contributed by atoms with Crippen molar-refractivity contribution in [2.24, 2.45) is 0 Å². The van der Waals surface area contributed by atoms with Crippen LogP contribution < -0.4 is 9.47 Å². The number of ether oxygens (including phenoxy) is 2. The van der Waals surface area contributed by atoms with E-state index in [9.17, 15) is 9.59 Å². The second-order valence-electron chi connectivity index (χ2n) is 7.61. The van der Waals surface area contributed by atoms with E-state index in [0.717, 1.165) is 28.5 Å². The van der Waals surface area contributed by atoms with Crippen molar-refractivity contribution in [2.75, 3.05) is 7.11 Å². The minimum absolute atomic E-state index is 0.215. The number of nitrogens with zero attached hydrogens (tertiary/aromatic N) is 1. The summed E-state index contributed by atoms with van der Waals surface area (Å²) in [5.41, 5.74) is 3.38. The summed E-state index contributed by atoms with van der Waals surface area (Å²) >= 11 is 13.6. The van der Waals surface area contributed by atoms with Gasteiger partial charge in [0.25, 0.3) is 11.1 Å². The summed E-state index contributed by atoms with van der Waals surface area (Å²) in [6.45, 7) is 2.40. The second-order valence-corrected chi connectivity index (χ2v) is 9.42. The number of carbonyl (C=O) groups excluding carboxylic acids is 2. The van der Waals surface area contributed by atoms with Crippen LogP contribution in [0.5, 0.6) is 11.5 Å². The first-order valence-electron chi connectivity index (χ1n) is 10.4. The maximum absolute atomic E-state index is 12.9. The van der Waals surface area contributed by atoms with Gasteiger partial charge in [0.1, 0.15) is 6.61 Å². The van der Waals surface area contributed by atoms with Crippen LogP contribution in [0.4, 0.5) is 4.79 Å². The minimum Gasteiger partial charge on any atom is -0.493 e. The van der Waals surface area contributed by atoms with Crippen molar-refractivity contribution >= 4 is 52.2 Å². The molecular formula is C26H21Cl2NO4S. The number of halogens is 2. The molecule has 0 aliphatic carbocycles. The Morgan fingerprint density at radius 3 is 2.38 bits per heavy atom. The van der Waals surface area contributed by atoms with Crippen LogP contribution in [0.3, 0.4) is 0 Å². The zero-order valence-electron chi connectivity index (χ0n) is 18.5. The zero-order valence-corrected chi connectivity index (χ0v) is 20.8. The molecule has 34 heavy (non-hydrogen) atoms. The molecule has 0 aromatic heterocycles. The minimum atomic E-state index is -0.340. The van der Waals surface area contributed by atoms with Crippen molar-refractivity contribution < 1.29 is 19.1 Å². The van der Waals surface area contributed by atoms with E-state index in [1.165, 1.54) is 12.0 Å². The van der Waals surface area contributed by atoms with Gasteiger partial charge in [0, 0.05) is 10.6 Å². The van der Waals surface area contributed by atoms with Gasteiger partial charge >= 0.3 is 0 Å². The Morgan fingerprint density at radius 2 is 1.68 bits per heavy atom. The summed E-state index contributed by atoms with van der Waals surface area (Å²) in [7, 11) is 1.51. The third-order valence-corrected chi connectivity index (χ3v) is 6.90. The Hall–Kier alpha value is -2.93. The number of carbonyl (C=O) groups is 2. The quantitative estimate of drug-likeness (QED) is 0.314. The lowest BCUT2D eigenvalue weighted by Crippen LogP contribution is -2.27. The van der Waals surface area contributed by atoms with Gasteiger partial charge in [-0.15, -0.1) is 0 Å². The Kier molecular flexibility index (Phi) is 7.51. The summed E-state index contributed by atoms with van der Waals surface area (Å²) in [4.78, 5) is 27.1. The number of imide groups is 1. The lowest BCUT2D eigenvalue weighted by molar-refractivity contribution is -0.123. The van der Waals surface area contributed by atoms with E-state index >= 15 is 0 Å². The van der Waals surface area contributed by atoms with Gasteiger partial charge in [0.15, 0.2) is 11.5 Å². The van der Waals surface area contributed by atoms with E-state index in [1.807, 2.05) is 49.4 Å². The van der Waals surface area contributed by atoms with E-state index in [-0.39, 0.29) is 24.3 Å². The van der Waals surface area contributed by atoms with Crippen LogP contribution in [0.2, 0.25) is 10.0 Å². The maximum Gasteiger partial charge on any atom is 0.293 e. The van der Waals surface area contributed by atoms with Gasteiger partial charge in [-0.25, -0.2) is 0 Å². The normalized spacial score (nSPS) is 14.7. The van der Waals surface area contributed by atoms with Gasteiger partial charge in [-0.2, -0.15) is 0 Å². The van der Waals surface area contributed by atoms with Crippen LogP contribution in [0, 0.1) is 6.92 Å². The molecule has 0 radical (unpaired) electrons. The van der Waals surface area contributed by atoms with Crippen molar-refractivity contribution in [3.8, 4) is 11.5 Å². The van der Waals surface area contributed by atoms with Crippen LogP contribution in [-0.4, -0.2) is 23.2 Å². The van der Waals surface area contributed by atoms with Crippen molar-refractivity contribution in [1.29, 1.82) is 0 Å². The van der Waals surface area contributed by atoms with E-state index in [4.69, 9.17) is 32.7 Å². The predicted octanol–water partition coefficient (Wildman–Crippen LogP) is 7.13. The monoisotopic (exact) mass is 513 g/mol. The fourth-order valence-electron chi connectivity index (χ4n) is 3.47. The van der Waals surface area contributed by atoms with E-state index < -0.39 is 0 Å². The first-order chi connectivity index (χ1) is 16.4. The second kappa shape index (κ2) is 10.6. The van der Waals surface area contributed by atoms with Gasteiger partial charge in [0.05, 0.1) is 23.6 Å². The largest absolute Gasteiger partial charge is 0.493 e. The molecule has 1 heterocycles. The highest BCUT2D eigenvalue weighted by atomic mass is 35.5. The highest BCUT2D eigenvalue weighted by Crippen LogP contribution is 2.40. The molecule has 1 saturated heterocycles. The molecule has 1 fully saturated rings. The topological polar surface area (TPSA) is 55.8 Å². The molecule has 0 atom stereocenters. The summed E-state index contributed by atoms with van der Waals surface area (Å²) in [5, 5.41) is 0.602. The number of hydrogen-bond acceptors (Lipinski definition) is 5. The Labute approximate surface area is 212 Å². The van der Waals surface area contributed by atoms with Crippen LogP contribution in [-0.2, 0) is 17.9 Å². The fraction of sp³-hybridized carbons (Fsp3) is 0.154. The van der Waals surface area contributed by atoms with Gasteiger partial charge < -0.3 is 9.47 Å². The molecule has 174 valence electrons. The molecule has 0 saturated carbocycles. The number of thioether (sulfide) groups is 1. The van der Waals surface area contributed by atoms with Gasteiger partial charge in [-0.05, 0) is 59.7 Å². The highest BCUT2D eigenvalue weighted by Gasteiger charge is 2.35. The molecule has 0 N–H and O–H groups in total. The van der Waals surface area contributed by atoms with Gasteiger partial charge in [-0.1, -0.05) is 65.7 Å². The summed E-state index contributed by atoms with van der Waals surface area (Å²) in [6.07, 6.45) is 1.63. The molecule has 4 rings (SSSR count). The van der Waals surface area contributed by atoms with Crippen molar-refractivity contribution in [3.05, 3.63) is 97.9 Å². The van der Waals surface area contributed by atoms with E-state index in [1.54, 1.807) is 24.3 Å². The third kappa shape index (κ3) is 5.25. The fourth-order valence-corrected chi connectivity index (χ4v) is 4.78. The molecule has 0 spiro atoms. The van der Waals surface area contributed by atoms with Crippen LogP contribution in [0.15, 0.2) is 65.6 Å². The molecule has 8 heteroatoms. The van der Waals surface area contributed by atoms with Crippen LogP contribution in [0.25, 0.3) is 6.08 Å². The van der Waals surface area contributed by atoms with E-state index in [0.29, 0.717) is 32.0 Å². The highest BCUT2D eigenvalue weighted by molar-refractivity contribution is 8.18. The Morgan fingerprint density at radius 1 is 0.971 bits per heavy atom. The Bertz CT molecular complexity index is 1290. The summed E-state index contributed by atoms with van der Waals surface area (Å²) in [5.74, 6) is 0.436. The number of amides is 2. The van der Waals surface area contributed by atoms with Crippen LogP contribution >= 0.6 is 35.0 Å². The molecular weight excluding hydrogens is 493 g/mol. The van der Waals surface area contributed by atoms with Gasteiger partial charge in [0.2, 0.25) is 0 Å². The molecule has 3 aromatic rings. The number of benzene rings is 3. The number of aryl methyl sites for hydroxylation is 1. The van der Waals surface area contributed by atoms with Crippen molar-refractivity contribution in [1.82, 2.24) is 4.90 Å². The zero-order chi connectivity index (χ0) is 24.2. The molecule has 1 aliphatic rings. The molecule has 3 aromatic carbocycles. The molecule has 0 unspecified atom stereocenters. The average Bonchev–Trinajstić information content (AvgIpc) is 3.07. The summed E-state index contributed by atoms with van der Waals surface area (Å²) in [6, 6.07) is 18.4. The molecule has 5 nitrogen and oxygen atoms in total. The van der Waals surface area contributed by atoms with Crippen molar-refractivity contribution in [3.63, 3.8) is 0 Å². The van der Waals surface area contributed by atoms with E-state index in [2.05, 4.69) is 0 Å². The molecule has 0 bridgehead atoms. The lowest BCUT2D eigenvalue weighted by Gasteiger charge is -2.14. The molecule has 2 amide bonds. The maximum atomic E-state index is 12.9. The van der Waals surface area contributed by atoms with Crippen LogP contribution in [0.1, 0.15) is 22.3 Å². The smallest absolute Gasteiger partial charge is 0.293 e. The number of methoxy groups -OCH3 is 1. The summed E-state index contributed by atoms with van der Waals surface area (Å²) < 4.78 is 11.4. The third-order valence-electron chi connectivity index (χ3n) is 5.34. The first kappa shape index (κ1) is 24.2. The molecule has 1 aliphatic heterocycles. The first-order valence-corrected chi connectivity index (χ1v) is 12.0. The SMILES string of the molecule is COc1cc(/C=C2\SC(=O)N(Cc3ccccc3C)C2=O)cc(Cl)c1OCc1ccccc1Cl. The standard InChI is InChI=1S/C26H21Cl2NO4S/c1-16-7-3-4-8-18(16)14-29-25(30)23(34-26(29)31)13-17-11-21(28)24(22(12-17)32-2)33-15-19-9-5-6-10-20(19)27/h3-13H,14-15H2,1-2H3/b23-13-. The Balaban J connectivity index is 1.55. The van der Waals surface area contributed by atoms with Crippen molar-refractivity contribution in [2.45, 2.75) is 20.1 Å². The number of rotatable bonds is 7. The number of hydrogen-bond donors (Lipinski definition) is 0. The average molecular weight is 514 g/mol. The van der Waals surface area contributed by atoms with Gasteiger partial charge in [-0.3, -0.25) is 14.5 Å².